The third kappa shape index (κ3) is 2.93. The third-order valence-corrected chi connectivity index (χ3v) is 9.88. The molecule has 0 saturated carbocycles. The van der Waals surface area contributed by atoms with E-state index in [4.69, 9.17) is 28.8 Å². The van der Waals surface area contributed by atoms with Gasteiger partial charge in [0, 0.05) is 24.7 Å². The minimum absolute atomic E-state index is 0.527. The smallest absolute Gasteiger partial charge is 0.216 e. The second-order valence-electron chi connectivity index (χ2n) is 12.5. The van der Waals surface area contributed by atoms with E-state index in [0.717, 1.165) is 106 Å². The van der Waals surface area contributed by atoms with Gasteiger partial charge < -0.3 is 18.0 Å². The number of nitrogens with zero attached hydrogens (tertiary/aromatic N) is 8. The Morgan fingerprint density at radius 1 is 0.583 bits per heavy atom. The number of hydrogen-bond donors (Lipinski definition) is 0. The van der Waals surface area contributed by atoms with Crippen LogP contribution in [0.2, 0.25) is 0 Å². The lowest BCUT2D eigenvalue weighted by atomic mass is 10.2. The number of imidazole rings is 4. The lowest BCUT2D eigenvalue weighted by Crippen LogP contribution is -2.02. The molecule has 0 amide bonds. The lowest BCUT2D eigenvalue weighted by Gasteiger charge is -2.05. The van der Waals surface area contributed by atoms with Gasteiger partial charge in [-0.25, -0.2) is 15.0 Å². The zero-order chi connectivity index (χ0) is 31.2. The maximum absolute atomic E-state index is 6.33. The Hall–Kier alpha value is -6.68. The summed E-state index contributed by atoms with van der Waals surface area (Å²) in [4.78, 5) is 20.0. The van der Waals surface area contributed by atoms with Crippen molar-refractivity contribution in [2.45, 2.75) is 6.54 Å². The molecule has 0 radical (unpaired) electrons. The molecule has 0 saturated heterocycles. The van der Waals surface area contributed by atoms with Gasteiger partial charge in [0.15, 0.2) is 11.2 Å². The summed E-state index contributed by atoms with van der Waals surface area (Å²) < 4.78 is 21.3. The van der Waals surface area contributed by atoms with Crippen LogP contribution in [0.3, 0.4) is 0 Å². The number of furan rings is 2. The third-order valence-electron chi connectivity index (χ3n) is 9.88. The second kappa shape index (κ2) is 8.37. The first-order chi connectivity index (χ1) is 23.7. The molecule has 226 valence electrons. The summed E-state index contributed by atoms with van der Waals surface area (Å²) in [5.41, 5.74) is 13.8. The van der Waals surface area contributed by atoms with Crippen LogP contribution in [0.15, 0.2) is 112 Å². The fraction of sp³-hybridized carbons (Fsp3) is 0.0526. The molecule has 0 bridgehead atoms. The van der Waals surface area contributed by atoms with Crippen LogP contribution in [-0.2, 0) is 13.6 Å². The van der Waals surface area contributed by atoms with Gasteiger partial charge in [0.2, 0.25) is 11.6 Å². The van der Waals surface area contributed by atoms with E-state index in [1.54, 1.807) is 0 Å². The zero-order valence-electron chi connectivity index (χ0n) is 25.4. The van der Waals surface area contributed by atoms with Crippen molar-refractivity contribution in [1.29, 1.82) is 0 Å². The summed E-state index contributed by atoms with van der Waals surface area (Å²) in [5.74, 6) is 1.73. The first-order valence-corrected chi connectivity index (χ1v) is 15.8. The SMILES string of the molecule is Cn1c2ccccc2n2c3cc4c(cc3nc12)oc1ccc(Cn2c3ccccc3n3c5c(ccc6oc7cccnc7c65)nc23)nc14. The van der Waals surface area contributed by atoms with Crippen molar-refractivity contribution in [1.82, 2.24) is 37.9 Å². The van der Waals surface area contributed by atoms with Crippen LogP contribution < -0.4 is 0 Å². The summed E-state index contributed by atoms with van der Waals surface area (Å²) >= 11 is 0. The second-order valence-corrected chi connectivity index (χ2v) is 12.5. The van der Waals surface area contributed by atoms with Crippen molar-refractivity contribution in [2.75, 3.05) is 0 Å². The molecule has 0 aliphatic heterocycles. The highest BCUT2D eigenvalue weighted by Gasteiger charge is 2.22. The molecule has 0 atom stereocenters. The first kappa shape index (κ1) is 24.5. The molecule has 8 heterocycles. The fourth-order valence-electron chi connectivity index (χ4n) is 7.78. The average molecular weight is 623 g/mol. The standard InChI is InChI=1S/C38H22N8O2/c1-43-24-7-2-4-9-26(24)45-28-17-21-32(18-23(28)42-37(43)45)48-31-14-12-20(40-34(21)31)19-44-25-8-3-5-10-27(25)46-36-22(41-38(44)46)13-15-29-33(36)35-30(47-29)11-6-16-39-35/h2-18H,19H2,1H3. The van der Waals surface area contributed by atoms with E-state index < -0.39 is 0 Å². The van der Waals surface area contributed by atoms with E-state index in [1.165, 1.54) is 0 Å². The number of pyridine rings is 2. The molecule has 0 unspecified atom stereocenters. The maximum atomic E-state index is 6.33. The molecule has 0 aliphatic carbocycles. The topological polar surface area (TPSA) is 96.5 Å². The van der Waals surface area contributed by atoms with Gasteiger partial charge in [0.05, 0.1) is 61.8 Å². The summed E-state index contributed by atoms with van der Waals surface area (Å²) in [5, 5.41) is 1.93. The van der Waals surface area contributed by atoms with Crippen LogP contribution in [-0.4, -0.2) is 37.9 Å². The van der Waals surface area contributed by atoms with Gasteiger partial charge in [-0.2, -0.15) is 0 Å². The van der Waals surface area contributed by atoms with E-state index in [0.29, 0.717) is 6.54 Å². The molecule has 0 fully saturated rings. The van der Waals surface area contributed by atoms with Gasteiger partial charge in [-0.1, -0.05) is 24.3 Å². The molecule has 0 aliphatic rings. The number of fused-ring (bicyclic) bond motifs is 17. The number of aromatic nitrogens is 8. The molecule has 12 aromatic rings. The molecule has 10 heteroatoms. The molecule has 0 N–H and O–H groups in total. The number of hydrogen-bond acceptors (Lipinski definition) is 6. The minimum Gasteiger partial charge on any atom is -0.454 e. The summed E-state index contributed by atoms with van der Waals surface area (Å²) in [6, 6.07) is 32.9. The Labute approximate surface area is 268 Å². The molecule has 0 spiro atoms. The van der Waals surface area contributed by atoms with Gasteiger partial charge in [0.1, 0.15) is 22.2 Å². The zero-order valence-corrected chi connectivity index (χ0v) is 25.4. The van der Waals surface area contributed by atoms with Crippen LogP contribution >= 0.6 is 0 Å². The van der Waals surface area contributed by atoms with Crippen molar-refractivity contribution in [2.24, 2.45) is 7.05 Å². The lowest BCUT2D eigenvalue weighted by molar-refractivity contribution is 0.667. The van der Waals surface area contributed by atoms with Crippen molar-refractivity contribution >= 4 is 99.8 Å². The molecule has 10 nitrogen and oxygen atoms in total. The predicted octanol–water partition coefficient (Wildman–Crippen LogP) is 8.37. The quantitative estimate of drug-likeness (QED) is 0.192. The van der Waals surface area contributed by atoms with E-state index in [-0.39, 0.29) is 0 Å². The fourth-order valence-corrected chi connectivity index (χ4v) is 7.78. The van der Waals surface area contributed by atoms with E-state index in [1.807, 2.05) is 48.7 Å². The Kier molecular flexibility index (Phi) is 4.28. The van der Waals surface area contributed by atoms with Crippen LogP contribution in [0.5, 0.6) is 0 Å². The van der Waals surface area contributed by atoms with E-state index in [2.05, 4.69) is 79.6 Å². The highest BCUT2D eigenvalue weighted by Crippen LogP contribution is 2.37. The van der Waals surface area contributed by atoms with Crippen LogP contribution in [0.4, 0.5) is 0 Å². The van der Waals surface area contributed by atoms with Crippen LogP contribution in [0, 0.1) is 0 Å². The monoisotopic (exact) mass is 622 g/mol. The molecular weight excluding hydrogens is 600 g/mol. The number of aryl methyl sites for hydroxylation is 1. The molecule has 48 heavy (non-hydrogen) atoms. The Morgan fingerprint density at radius 2 is 1.33 bits per heavy atom. The van der Waals surface area contributed by atoms with Crippen molar-refractivity contribution in [3.8, 4) is 0 Å². The largest absolute Gasteiger partial charge is 0.454 e. The summed E-state index contributed by atoms with van der Waals surface area (Å²) in [6.07, 6.45) is 1.81. The van der Waals surface area contributed by atoms with Gasteiger partial charge >= 0.3 is 0 Å². The van der Waals surface area contributed by atoms with Gasteiger partial charge in [0.25, 0.3) is 0 Å². The Morgan fingerprint density at radius 3 is 2.23 bits per heavy atom. The Bertz CT molecular complexity index is 3350. The van der Waals surface area contributed by atoms with Gasteiger partial charge in [-0.3, -0.25) is 13.8 Å². The normalized spacial score (nSPS) is 12.8. The van der Waals surface area contributed by atoms with Crippen molar-refractivity contribution in [3.05, 3.63) is 109 Å². The highest BCUT2D eigenvalue weighted by atomic mass is 16.3. The van der Waals surface area contributed by atoms with Crippen molar-refractivity contribution < 1.29 is 8.83 Å². The van der Waals surface area contributed by atoms with E-state index >= 15 is 0 Å². The molecule has 4 aromatic carbocycles. The van der Waals surface area contributed by atoms with Gasteiger partial charge in [-0.05, 0) is 66.7 Å². The predicted molar refractivity (Wildman–Crippen MR) is 187 cm³/mol. The molecule has 8 aromatic heterocycles. The Balaban J connectivity index is 1.09. The van der Waals surface area contributed by atoms with Gasteiger partial charge in [-0.15, -0.1) is 0 Å². The molecule has 12 rings (SSSR count). The highest BCUT2D eigenvalue weighted by molar-refractivity contribution is 6.17. The van der Waals surface area contributed by atoms with Crippen LogP contribution in [0.25, 0.3) is 99.8 Å². The average Bonchev–Trinajstić information content (AvgIpc) is 3.94. The summed E-state index contributed by atoms with van der Waals surface area (Å²) in [6.45, 7) is 0.527. The van der Waals surface area contributed by atoms with Crippen molar-refractivity contribution in [3.63, 3.8) is 0 Å². The number of benzene rings is 4. The van der Waals surface area contributed by atoms with E-state index in [9.17, 15) is 0 Å². The molecular formula is C38H22N8O2. The number of rotatable bonds is 2. The maximum Gasteiger partial charge on any atom is 0.216 e. The summed E-state index contributed by atoms with van der Waals surface area (Å²) in [7, 11) is 2.05. The van der Waals surface area contributed by atoms with Crippen LogP contribution in [0.1, 0.15) is 5.69 Å². The first-order valence-electron chi connectivity index (χ1n) is 15.8. The minimum atomic E-state index is 0.527. The number of para-hydroxylation sites is 4.